The Labute approximate surface area is 202 Å². The highest BCUT2D eigenvalue weighted by molar-refractivity contribution is 8.00. The fourth-order valence-electron chi connectivity index (χ4n) is 3.43. The molecule has 2 N–H and O–H groups in total. The Bertz CT molecular complexity index is 1290. The number of anilines is 2. The number of amides is 2. The lowest BCUT2D eigenvalue weighted by Gasteiger charge is -2.17. The maximum Gasteiger partial charge on any atom is 0.258 e. The van der Waals surface area contributed by atoms with Gasteiger partial charge in [-0.3, -0.25) is 9.59 Å². The molecule has 1 atom stereocenters. The lowest BCUT2D eigenvalue weighted by molar-refractivity contribution is -0.115. The summed E-state index contributed by atoms with van der Waals surface area (Å²) in [5.74, 6) is -1.21. The van der Waals surface area contributed by atoms with Crippen molar-refractivity contribution in [3.8, 4) is 0 Å². The zero-order valence-corrected chi connectivity index (χ0v) is 19.3. The van der Waals surface area contributed by atoms with Crippen LogP contribution in [0, 0.1) is 12.7 Å². The highest BCUT2D eigenvalue weighted by Crippen LogP contribution is 2.36. The quantitative estimate of drug-likeness (QED) is 0.290. The number of benzene rings is 4. The number of halogens is 1. The largest absolute Gasteiger partial charge is 0.325 e. The maximum absolute atomic E-state index is 13.9. The van der Waals surface area contributed by atoms with Gasteiger partial charge < -0.3 is 10.6 Å². The van der Waals surface area contributed by atoms with Gasteiger partial charge in [0.1, 0.15) is 11.1 Å². The zero-order valence-electron chi connectivity index (χ0n) is 18.5. The second-order valence-corrected chi connectivity index (χ2v) is 8.90. The summed E-state index contributed by atoms with van der Waals surface area (Å²) in [5.41, 5.74) is 3.22. The first-order valence-electron chi connectivity index (χ1n) is 10.7. The first-order chi connectivity index (χ1) is 16.5. The van der Waals surface area contributed by atoms with Crippen molar-refractivity contribution in [2.45, 2.75) is 17.1 Å². The molecule has 0 spiro atoms. The Hall–Kier alpha value is -3.90. The van der Waals surface area contributed by atoms with Gasteiger partial charge in [0.25, 0.3) is 5.91 Å². The van der Waals surface area contributed by atoms with Crippen LogP contribution < -0.4 is 10.6 Å². The molecule has 0 bridgehead atoms. The van der Waals surface area contributed by atoms with Crippen molar-refractivity contribution in [1.29, 1.82) is 0 Å². The molecular weight excluding hydrogens is 447 g/mol. The van der Waals surface area contributed by atoms with E-state index in [1.54, 1.807) is 18.2 Å². The van der Waals surface area contributed by atoms with Crippen molar-refractivity contribution in [1.82, 2.24) is 0 Å². The molecule has 1 unspecified atom stereocenters. The van der Waals surface area contributed by atoms with E-state index in [1.807, 2.05) is 73.7 Å². The number of aryl methyl sites for hydroxylation is 1. The van der Waals surface area contributed by atoms with Crippen LogP contribution in [0.4, 0.5) is 15.8 Å². The van der Waals surface area contributed by atoms with Crippen LogP contribution in [0.3, 0.4) is 0 Å². The van der Waals surface area contributed by atoms with Gasteiger partial charge in [0.2, 0.25) is 5.91 Å². The number of thioether (sulfide) groups is 1. The smallest absolute Gasteiger partial charge is 0.258 e. The molecule has 4 aromatic rings. The Morgan fingerprint density at radius 3 is 2.18 bits per heavy atom. The van der Waals surface area contributed by atoms with Crippen LogP contribution in [-0.4, -0.2) is 11.8 Å². The summed E-state index contributed by atoms with van der Waals surface area (Å²) in [5, 5.41) is 5.24. The first-order valence-corrected chi connectivity index (χ1v) is 11.6. The van der Waals surface area contributed by atoms with Gasteiger partial charge in [0, 0.05) is 16.3 Å². The summed E-state index contributed by atoms with van der Waals surface area (Å²) in [7, 11) is 0. The SMILES string of the molecule is Cc1cccc(NC(=O)C(Sc2ccc(NC(=O)c3ccccc3F)cc2)c2ccccc2)c1. The summed E-state index contributed by atoms with van der Waals surface area (Å²) in [6.07, 6.45) is 0. The highest BCUT2D eigenvalue weighted by atomic mass is 32.2. The third-order valence-electron chi connectivity index (χ3n) is 5.11. The van der Waals surface area contributed by atoms with Crippen LogP contribution in [-0.2, 0) is 4.79 Å². The van der Waals surface area contributed by atoms with E-state index < -0.39 is 17.0 Å². The fraction of sp³-hybridized carbons (Fsp3) is 0.0714. The predicted molar refractivity (Wildman–Crippen MR) is 136 cm³/mol. The van der Waals surface area contributed by atoms with Gasteiger partial charge in [-0.15, -0.1) is 11.8 Å². The van der Waals surface area contributed by atoms with Crippen molar-refractivity contribution in [3.63, 3.8) is 0 Å². The standard InChI is InChI=1S/C28H23FN2O2S/c1-19-8-7-11-22(18-19)31-28(33)26(20-9-3-2-4-10-20)34-23-16-14-21(15-17-23)30-27(32)24-12-5-6-13-25(24)29/h2-18,26H,1H3,(H,30,32)(H,31,33). The van der Waals surface area contributed by atoms with Gasteiger partial charge in [0.15, 0.2) is 0 Å². The number of hydrogen-bond acceptors (Lipinski definition) is 3. The molecule has 0 heterocycles. The second-order valence-electron chi connectivity index (χ2n) is 7.73. The zero-order chi connectivity index (χ0) is 23.9. The van der Waals surface area contributed by atoms with Gasteiger partial charge >= 0.3 is 0 Å². The Morgan fingerprint density at radius 2 is 1.47 bits per heavy atom. The highest BCUT2D eigenvalue weighted by Gasteiger charge is 2.22. The van der Waals surface area contributed by atoms with E-state index >= 15 is 0 Å². The average Bonchev–Trinajstić information content (AvgIpc) is 2.84. The van der Waals surface area contributed by atoms with Crippen LogP contribution in [0.5, 0.6) is 0 Å². The second kappa shape index (κ2) is 10.8. The molecule has 4 aromatic carbocycles. The lowest BCUT2D eigenvalue weighted by Crippen LogP contribution is -2.19. The van der Waals surface area contributed by atoms with E-state index in [-0.39, 0.29) is 11.5 Å². The fourth-order valence-corrected chi connectivity index (χ4v) is 4.45. The van der Waals surface area contributed by atoms with Crippen molar-refractivity contribution in [2.75, 3.05) is 10.6 Å². The number of nitrogens with one attached hydrogen (secondary N) is 2. The van der Waals surface area contributed by atoms with Crippen molar-refractivity contribution >= 4 is 35.0 Å². The van der Waals surface area contributed by atoms with E-state index in [2.05, 4.69) is 10.6 Å². The normalized spacial score (nSPS) is 11.5. The minimum atomic E-state index is -0.572. The lowest BCUT2D eigenvalue weighted by atomic mass is 10.1. The third kappa shape index (κ3) is 5.91. The van der Waals surface area contributed by atoms with Gasteiger partial charge in [-0.25, -0.2) is 4.39 Å². The van der Waals surface area contributed by atoms with E-state index in [9.17, 15) is 14.0 Å². The van der Waals surface area contributed by atoms with E-state index in [0.29, 0.717) is 5.69 Å². The number of rotatable bonds is 7. The first kappa shape index (κ1) is 23.3. The van der Waals surface area contributed by atoms with Crippen LogP contribution in [0.1, 0.15) is 26.7 Å². The monoisotopic (exact) mass is 470 g/mol. The summed E-state index contributed by atoms with van der Waals surface area (Å²) >= 11 is 1.42. The average molecular weight is 471 g/mol. The Morgan fingerprint density at radius 1 is 0.765 bits per heavy atom. The molecule has 170 valence electrons. The van der Waals surface area contributed by atoms with Crippen LogP contribution >= 0.6 is 11.8 Å². The van der Waals surface area contributed by atoms with Crippen molar-refractivity contribution in [2.24, 2.45) is 0 Å². The topological polar surface area (TPSA) is 58.2 Å². The number of hydrogen-bond donors (Lipinski definition) is 2. The molecule has 0 radical (unpaired) electrons. The van der Waals surface area contributed by atoms with Gasteiger partial charge in [-0.1, -0.05) is 54.6 Å². The minimum absolute atomic E-state index is 0.0158. The number of carbonyl (C=O) groups is 2. The van der Waals surface area contributed by atoms with Gasteiger partial charge in [0.05, 0.1) is 5.56 Å². The molecule has 0 aromatic heterocycles. The molecular formula is C28H23FN2O2S. The molecule has 0 aliphatic carbocycles. The molecule has 4 rings (SSSR count). The predicted octanol–water partition coefficient (Wildman–Crippen LogP) is 6.86. The molecule has 0 fully saturated rings. The van der Waals surface area contributed by atoms with E-state index in [4.69, 9.17) is 0 Å². The molecule has 0 saturated carbocycles. The summed E-state index contributed by atoms with van der Waals surface area (Å²) in [6.45, 7) is 1.98. The van der Waals surface area contributed by atoms with Crippen LogP contribution in [0.25, 0.3) is 0 Å². The van der Waals surface area contributed by atoms with Crippen molar-refractivity contribution in [3.05, 3.63) is 126 Å². The molecule has 4 nitrogen and oxygen atoms in total. The summed E-state index contributed by atoms with van der Waals surface area (Å²) in [4.78, 5) is 26.4. The summed E-state index contributed by atoms with van der Waals surface area (Å²) in [6, 6.07) is 30.2. The molecule has 0 aliphatic heterocycles. The minimum Gasteiger partial charge on any atom is -0.325 e. The molecule has 0 saturated heterocycles. The van der Waals surface area contributed by atoms with Crippen LogP contribution in [0.2, 0.25) is 0 Å². The summed E-state index contributed by atoms with van der Waals surface area (Å²) < 4.78 is 13.9. The van der Waals surface area contributed by atoms with E-state index in [1.165, 1.54) is 30.0 Å². The third-order valence-corrected chi connectivity index (χ3v) is 6.38. The maximum atomic E-state index is 13.9. The van der Waals surface area contributed by atoms with Gasteiger partial charge in [-0.2, -0.15) is 0 Å². The Kier molecular flexibility index (Phi) is 7.40. The van der Waals surface area contributed by atoms with E-state index in [0.717, 1.165) is 21.7 Å². The molecule has 0 aliphatic rings. The van der Waals surface area contributed by atoms with Gasteiger partial charge in [-0.05, 0) is 66.6 Å². The molecule has 6 heteroatoms. The molecule has 2 amide bonds. The molecule has 34 heavy (non-hydrogen) atoms. The van der Waals surface area contributed by atoms with Crippen molar-refractivity contribution < 1.29 is 14.0 Å². The number of carbonyl (C=O) groups excluding carboxylic acids is 2. The van der Waals surface area contributed by atoms with Crippen LogP contribution in [0.15, 0.2) is 108 Å². The Balaban J connectivity index is 1.49.